The fraction of sp³-hybridized carbons (Fsp3) is 0.353. The molecule has 2 rings (SSSR count). The summed E-state index contributed by atoms with van der Waals surface area (Å²) in [6.45, 7) is 3.45. The quantitative estimate of drug-likeness (QED) is 0.586. The van der Waals surface area contributed by atoms with Gasteiger partial charge in [-0.3, -0.25) is 9.69 Å². The largest absolute Gasteiger partial charge is 0.548 e. The molecule has 1 aliphatic heterocycles. The van der Waals surface area contributed by atoms with Crippen LogP contribution >= 0.6 is 24.0 Å². The highest BCUT2D eigenvalue weighted by molar-refractivity contribution is 8.26. The first-order valence-electron chi connectivity index (χ1n) is 7.47. The smallest absolute Gasteiger partial charge is 0.266 e. The van der Waals surface area contributed by atoms with E-state index in [0.29, 0.717) is 4.91 Å². The Kier molecular flexibility index (Phi) is 5.66. The van der Waals surface area contributed by atoms with E-state index in [9.17, 15) is 14.7 Å². The second-order valence-electron chi connectivity index (χ2n) is 6.05. The zero-order valence-corrected chi connectivity index (χ0v) is 15.6. The van der Waals surface area contributed by atoms with Crippen molar-refractivity contribution in [3.63, 3.8) is 0 Å². The van der Waals surface area contributed by atoms with Gasteiger partial charge in [-0.15, -0.1) is 0 Å². The van der Waals surface area contributed by atoms with E-state index in [1.54, 1.807) is 19.9 Å². The lowest BCUT2D eigenvalue weighted by molar-refractivity contribution is -0.311. The zero-order chi connectivity index (χ0) is 18.0. The number of nitrogens with zero attached hydrogens (tertiary/aromatic N) is 2. The highest BCUT2D eigenvalue weighted by Gasteiger charge is 2.38. The fourth-order valence-electron chi connectivity index (χ4n) is 2.42. The summed E-state index contributed by atoms with van der Waals surface area (Å²) in [5.74, 6) is -1.97. The third-order valence-electron chi connectivity index (χ3n) is 3.68. The molecule has 0 spiro atoms. The number of benzene rings is 1. The number of thioether (sulfide) groups is 1. The van der Waals surface area contributed by atoms with Crippen molar-refractivity contribution < 1.29 is 14.7 Å². The maximum absolute atomic E-state index is 12.6. The number of aliphatic carboxylic acids is 1. The minimum atomic E-state index is -1.29. The van der Waals surface area contributed by atoms with Crippen LogP contribution in [0.1, 0.15) is 19.4 Å². The molecule has 24 heavy (non-hydrogen) atoms. The van der Waals surface area contributed by atoms with Gasteiger partial charge in [-0.05, 0) is 29.7 Å². The Morgan fingerprint density at radius 2 is 1.88 bits per heavy atom. The number of carboxylic acids is 1. The van der Waals surface area contributed by atoms with Crippen molar-refractivity contribution >= 4 is 51.9 Å². The molecular weight excluding hydrogens is 344 g/mol. The summed E-state index contributed by atoms with van der Waals surface area (Å²) >= 11 is 6.33. The summed E-state index contributed by atoms with van der Waals surface area (Å²) in [4.78, 5) is 27.5. The Labute approximate surface area is 151 Å². The molecule has 0 aliphatic carbocycles. The van der Waals surface area contributed by atoms with Gasteiger partial charge in [0.15, 0.2) is 0 Å². The van der Waals surface area contributed by atoms with Crippen molar-refractivity contribution in [3.05, 3.63) is 34.7 Å². The maximum Gasteiger partial charge on any atom is 0.266 e. The van der Waals surface area contributed by atoms with Crippen molar-refractivity contribution in [3.8, 4) is 0 Å². The molecule has 0 saturated carbocycles. The van der Waals surface area contributed by atoms with Gasteiger partial charge in [-0.25, -0.2) is 0 Å². The molecule has 0 unspecified atom stereocenters. The van der Waals surface area contributed by atoms with E-state index in [0.717, 1.165) is 27.9 Å². The first-order valence-corrected chi connectivity index (χ1v) is 8.70. The number of carboxylic acid groups (broad SMARTS) is 1. The summed E-state index contributed by atoms with van der Waals surface area (Å²) in [6, 6.07) is 6.65. The molecule has 1 aromatic rings. The van der Waals surface area contributed by atoms with Gasteiger partial charge < -0.3 is 14.8 Å². The third-order valence-corrected chi connectivity index (χ3v) is 5.01. The van der Waals surface area contributed by atoms with Gasteiger partial charge in [-0.2, -0.15) is 0 Å². The topological polar surface area (TPSA) is 63.7 Å². The standard InChI is InChI=1S/C17H20N2O3S2/c1-10(2)14(16(21)22)19-15(20)13(24-17(19)23)9-11-5-7-12(8-6-11)18(3)4/h5-10,14H,1-4H3,(H,21,22)/p-1/b13-9-/t14-/m1/s1. The van der Waals surface area contributed by atoms with E-state index in [1.807, 2.05) is 43.3 Å². The Balaban J connectivity index is 2.29. The van der Waals surface area contributed by atoms with Gasteiger partial charge in [0, 0.05) is 19.8 Å². The van der Waals surface area contributed by atoms with Crippen LogP contribution in [-0.4, -0.2) is 41.2 Å². The first-order chi connectivity index (χ1) is 11.2. The molecule has 1 aromatic carbocycles. The summed E-state index contributed by atoms with van der Waals surface area (Å²) in [5, 5.41) is 11.4. The van der Waals surface area contributed by atoms with E-state index in [4.69, 9.17) is 12.2 Å². The van der Waals surface area contributed by atoms with Gasteiger partial charge in [0.2, 0.25) is 0 Å². The number of carbonyl (C=O) groups excluding carboxylic acids is 2. The zero-order valence-electron chi connectivity index (χ0n) is 14.0. The van der Waals surface area contributed by atoms with Gasteiger partial charge in [0.1, 0.15) is 4.32 Å². The first kappa shape index (κ1) is 18.5. The van der Waals surface area contributed by atoms with Crippen molar-refractivity contribution in [1.82, 2.24) is 4.90 Å². The number of hydrogen-bond donors (Lipinski definition) is 0. The van der Waals surface area contributed by atoms with Crippen LogP contribution in [0.2, 0.25) is 0 Å². The molecule has 1 aliphatic rings. The minimum Gasteiger partial charge on any atom is -0.548 e. The van der Waals surface area contributed by atoms with E-state index >= 15 is 0 Å². The lowest BCUT2D eigenvalue weighted by Gasteiger charge is -2.30. The number of anilines is 1. The SMILES string of the molecule is CC(C)[C@H](C(=O)[O-])N1C(=O)/C(=C/c2ccc(N(C)C)cc2)SC1=S. The second kappa shape index (κ2) is 7.36. The maximum atomic E-state index is 12.6. The number of thiocarbonyl (C=S) groups is 1. The Bertz CT molecular complexity index is 696. The summed E-state index contributed by atoms with van der Waals surface area (Å²) in [6.07, 6.45) is 1.73. The molecule has 1 saturated heterocycles. The number of amides is 1. The molecule has 0 aromatic heterocycles. The molecule has 1 atom stereocenters. The van der Waals surface area contributed by atoms with E-state index < -0.39 is 12.0 Å². The average Bonchev–Trinajstić information content (AvgIpc) is 2.75. The highest BCUT2D eigenvalue weighted by atomic mass is 32.2. The molecule has 0 N–H and O–H groups in total. The van der Waals surface area contributed by atoms with Crippen molar-refractivity contribution in [2.75, 3.05) is 19.0 Å². The third kappa shape index (κ3) is 3.79. The van der Waals surface area contributed by atoms with Crippen LogP contribution in [0.4, 0.5) is 5.69 Å². The molecule has 5 nitrogen and oxygen atoms in total. The lowest BCUT2D eigenvalue weighted by Crippen LogP contribution is -2.52. The summed E-state index contributed by atoms with van der Waals surface area (Å²) in [7, 11) is 3.90. The van der Waals surface area contributed by atoms with E-state index in [-0.39, 0.29) is 16.1 Å². The molecule has 0 bridgehead atoms. The second-order valence-corrected chi connectivity index (χ2v) is 7.72. The Hall–Kier alpha value is -1.86. The minimum absolute atomic E-state index is 0.249. The van der Waals surface area contributed by atoms with Gasteiger partial charge >= 0.3 is 0 Å². The van der Waals surface area contributed by atoms with Crippen molar-refractivity contribution in [1.29, 1.82) is 0 Å². The van der Waals surface area contributed by atoms with E-state index in [1.165, 1.54) is 0 Å². The van der Waals surface area contributed by atoms with Crippen LogP contribution in [0, 0.1) is 5.92 Å². The predicted molar refractivity (Wildman–Crippen MR) is 99.4 cm³/mol. The number of rotatable bonds is 5. The molecule has 128 valence electrons. The van der Waals surface area contributed by atoms with Crippen LogP contribution in [0.3, 0.4) is 0 Å². The average molecular weight is 363 g/mol. The monoisotopic (exact) mass is 363 g/mol. The summed E-state index contributed by atoms with van der Waals surface area (Å²) < 4.78 is 0.249. The van der Waals surface area contributed by atoms with Gasteiger partial charge in [0.25, 0.3) is 5.91 Å². The van der Waals surface area contributed by atoms with E-state index in [2.05, 4.69) is 0 Å². The molecule has 1 amide bonds. The molecular formula is C17H19N2O3S2-. The fourth-order valence-corrected chi connectivity index (χ4v) is 3.74. The van der Waals surface area contributed by atoms with Gasteiger partial charge in [-0.1, -0.05) is 50.0 Å². The van der Waals surface area contributed by atoms with Crippen LogP contribution in [-0.2, 0) is 9.59 Å². The molecule has 7 heteroatoms. The number of hydrogen-bond acceptors (Lipinski definition) is 6. The van der Waals surface area contributed by atoms with Crippen molar-refractivity contribution in [2.24, 2.45) is 5.92 Å². The van der Waals surface area contributed by atoms with Crippen LogP contribution in [0.5, 0.6) is 0 Å². The highest BCUT2D eigenvalue weighted by Crippen LogP contribution is 2.35. The Morgan fingerprint density at radius 1 is 1.29 bits per heavy atom. The molecule has 0 radical (unpaired) electrons. The molecule has 1 heterocycles. The predicted octanol–water partition coefficient (Wildman–Crippen LogP) is 1.73. The van der Waals surface area contributed by atoms with Gasteiger partial charge in [0.05, 0.1) is 16.9 Å². The van der Waals surface area contributed by atoms with Crippen LogP contribution < -0.4 is 10.0 Å². The van der Waals surface area contributed by atoms with Crippen molar-refractivity contribution in [2.45, 2.75) is 19.9 Å². The van der Waals surface area contributed by atoms with Crippen LogP contribution in [0.15, 0.2) is 29.2 Å². The Morgan fingerprint density at radius 3 is 2.33 bits per heavy atom. The molecule has 1 fully saturated rings. The number of carbonyl (C=O) groups is 2. The summed E-state index contributed by atoms with van der Waals surface area (Å²) in [5.41, 5.74) is 1.91. The normalized spacial score (nSPS) is 17.7. The lowest BCUT2D eigenvalue weighted by atomic mass is 10.0. The van der Waals surface area contributed by atoms with Crippen LogP contribution in [0.25, 0.3) is 6.08 Å².